The molecule has 1 amide bonds. The van der Waals surface area contributed by atoms with Crippen molar-refractivity contribution in [2.75, 3.05) is 5.43 Å². The van der Waals surface area contributed by atoms with E-state index >= 15 is 0 Å². The minimum absolute atomic E-state index is 0.0658. The van der Waals surface area contributed by atoms with Gasteiger partial charge in [0.2, 0.25) is 17.6 Å². The zero-order valence-electron chi connectivity index (χ0n) is 14.4. The van der Waals surface area contributed by atoms with E-state index in [4.69, 9.17) is 8.94 Å². The van der Waals surface area contributed by atoms with Crippen molar-refractivity contribution in [1.29, 1.82) is 0 Å². The molecule has 152 valence electrons. The van der Waals surface area contributed by atoms with E-state index in [1.165, 1.54) is 6.26 Å². The summed E-state index contributed by atoms with van der Waals surface area (Å²) < 4.78 is 48.2. The summed E-state index contributed by atoms with van der Waals surface area (Å²) in [5.41, 5.74) is 2.11. The fourth-order valence-corrected chi connectivity index (χ4v) is 2.25. The minimum Gasteiger partial charge on any atom is -0.461 e. The van der Waals surface area contributed by atoms with Crippen LogP contribution in [0, 0.1) is 10.1 Å². The number of halogens is 3. The topological polar surface area (TPSA) is 136 Å². The molecule has 0 bridgehead atoms. The number of amides is 1. The van der Waals surface area contributed by atoms with Gasteiger partial charge in [-0.3, -0.25) is 25.8 Å². The lowest BCUT2D eigenvalue weighted by Gasteiger charge is -2.11. The molecular weight excluding hydrogens is 399 g/mol. The number of nitrogens with zero attached hydrogens (tertiary/aromatic N) is 3. The number of hydrazine groups is 1. The van der Waals surface area contributed by atoms with E-state index in [-0.39, 0.29) is 30.2 Å². The monoisotopic (exact) mass is 411 g/mol. The molecule has 29 heavy (non-hydrogen) atoms. The van der Waals surface area contributed by atoms with Crippen LogP contribution in [0.25, 0.3) is 11.6 Å². The summed E-state index contributed by atoms with van der Waals surface area (Å²) in [6.07, 6.45) is -3.35. The third-order valence-corrected chi connectivity index (χ3v) is 3.63. The van der Waals surface area contributed by atoms with Crippen molar-refractivity contribution in [1.82, 2.24) is 15.6 Å². The number of alkyl halides is 3. The summed E-state index contributed by atoms with van der Waals surface area (Å²) in [5, 5.41) is 14.7. The van der Waals surface area contributed by atoms with E-state index in [1.54, 1.807) is 12.1 Å². The van der Waals surface area contributed by atoms with Crippen LogP contribution < -0.4 is 10.9 Å². The molecule has 2 heterocycles. The Hall–Kier alpha value is -3.90. The van der Waals surface area contributed by atoms with Gasteiger partial charge in [-0.25, -0.2) is 0 Å². The van der Waals surface area contributed by atoms with Crippen LogP contribution in [0.2, 0.25) is 0 Å². The number of anilines is 1. The lowest BCUT2D eigenvalue weighted by molar-refractivity contribution is -0.384. The molecule has 0 saturated carbocycles. The Kier molecular flexibility index (Phi) is 5.47. The number of nitro groups is 1. The molecule has 0 fully saturated rings. The number of hydrogen-bond acceptors (Lipinski definition) is 8. The molecule has 0 aliphatic rings. The number of aromatic nitrogens is 2. The van der Waals surface area contributed by atoms with E-state index in [2.05, 4.69) is 21.0 Å². The number of nitrogens with one attached hydrogen (secondary N) is 2. The average molecular weight is 411 g/mol. The second-order valence-electron chi connectivity index (χ2n) is 5.65. The summed E-state index contributed by atoms with van der Waals surface area (Å²) in [6.45, 7) is 0. The third kappa shape index (κ3) is 4.88. The molecule has 2 aromatic heterocycles. The van der Waals surface area contributed by atoms with Crippen molar-refractivity contribution < 1.29 is 31.8 Å². The normalized spacial score (nSPS) is 11.3. The molecule has 10 nitrogen and oxygen atoms in total. The maximum absolute atomic E-state index is 12.7. The Bertz CT molecular complexity index is 1020. The van der Waals surface area contributed by atoms with Crippen LogP contribution in [0.15, 0.2) is 45.5 Å². The van der Waals surface area contributed by atoms with Gasteiger partial charge in [-0.05, 0) is 24.3 Å². The first-order chi connectivity index (χ1) is 13.7. The Morgan fingerprint density at radius 3 is 2.72 bits per heavy atom. The van der Waals surface area contributed by atoms with Crippen molar-refractivity contribution in [3.05, 3.63) is 58.2 Å². The summed E-state index contributed by atoms with van der Waals surface area (Å²) >= 11 is 0. The fraction of sp³-hybridized carbons (Fsp3) is 0.188. The number of benzene rings is 1. The van der Waals surface area contributed by atoms with Gasteiger partial charge >= 0.3 is 6.18 Å². The standard InChI is InChI=1S/C16H12F3N5O5/c17-16(18,19)9-3-4-10(11(8-9)24(26)27)21-22-13(25)5-6-14-20-15(23-29-14)12-2-1-7-28-12/h1-4,7-8,21H,5-6H2,(H,22,25). The van der Waals surface area contributed by atoms with Gasteiger partial charge < -0.3 is 8.94 Å². The van der Waals surface area contributed by atoms with Crippen LogP contribution in [0.3, 0.4) is 0 Å². The summed E-state index contributed by atoms with van der Waals surface area (Å²) in [6, 6.07) is 5.17. The first-order valence-corrected chi connectivity index (χ1v) is 8.01. The largest absolute Gasteiger partial charge is 0.461 e. The van der Waals surface area contributed by atoms with Crippen molar-refractivity contribution in [3.8, 4) is 11.6 Å². The predicted octanol–water partition coefficient (Wildman–Crippen LogP) is 3.33. The molecule has 0 saturated heterocycles. The number of nitro benzene ring substituents is 1. The van der Waals surface area contributed by atoms with E-state index in [0.29, 0.717) is 17.9 Å². The smallest absolute Gasteiger partial charge is 0.416 e. The van der Waals surface area contributed by atoms with Crippen LogP contribution in [-0.4, -0.2) is 21.0 Å². The van der Waals surface area contributed by atoms with Gasteiger partial charge in [-0.1, -0.05) is 5.16 Å². The molecule has 0 radical (unpaired) electrons. The summed E-state index contributed by atoms with van der Waals surface area (Å²) in [5.74, 6) is 0.161. The summed E-state index contributed by atoms with van der Waals surface area (Å²) in [4.78, 5) is 26.0. The molecule has 0 aliphatic heterocycles. The van der Waals surface area contributed by atoms with E-state index in [0.717, 1.165) is 6.07 Å². The maximum atomic E-state index is 12.7. The third-order valence-electron chi connectivity index (χ3n) is 3.63. The average Bonchev–Trinajstić information content (AvgIpc) is 3.35. The number of rotatable bonds is 7. The summed E-state index contributed by atoms with van der Waals surface area (Å²) in [7, 11) is 0. The van der Waals surface area contributed by atoms with Crippen molar-refractivity contribution in [2.24, 2.45) is 0 Å². The Morgan fingerprint density at radius 2 is 2.07 bits per heavy atom. The highest BCUT2D eigenvalue weighted by molar-refractivity contribution is 5.78. The van der Waals surface area contributed by atoms with E-state index < -0.39 is 28.3 Å². The van der Waals surface area contributed by atoms with Gasteiger partial charge in [0.15, 0.2) is 5.76 Å². The maximum Gasteiger partial charge on any atom is 0.416 e. The van der Waals surface area contributed by atoms with Crippen molar-refractivity contribution in [2.45, 2.75) is 19.0 Å². The number of furan rings is 1. The molecule has 2 N–H and O–H groups in total. The molecule has 0 spiro atoms. The first kappa shape index (κ1) is 19.9. The van der Waals surface area contributed by atoms with Gasteiger partial charge in [0, 0.05) is 18.9 Å². The Balaban J connectivity index is 1.57. The van der Waals surface area contributed by atoms with E-state index in [9.17, 15) is 28.1 Å². The molecule has 3 aromatic rings. The highest BCUT2D eigenvalue weighted by Crippen LogP contribution is 2.34. The van der Waals surface area contributed by atoms with Gasteiger partial charge in [0.1, 0.15) is 5.69 Å². The zero-order chi connectivity index (χ0) is 21.0. The van der Waals surface area contributed by atoms with Crippen LogP contribution >= 0.6 is 0 Å². The lowest BCUT2D eigenvalue weighted by Crippen LogP contribution is -2.30. The lowest BCUT2D eigenvalue weighted by atomic mass is 10.1. The van der Waals surface area contributed by atoms with Gasteiger partial charge in [0.05, 0.1) is 16.7 Å². The van der Waals surface area contributed by atoms with Gasteiger partial charge in [0.25, 0.3) is 5.69 Å². The molecule has 0 unspecified atom stereocenters. The molecule has 0 atom stereocenters. The number of hydrogen-bond donors (Lipinski definition) is 2. The molecule has 13 heteroatoms. The van der Waals surface area contributed by atoms with Crippen molar-refractivity contribution in [3.63, 3.8) is 0 Å². The number of aryl methyl sites for hydroxylation is 1. The van der Waals surface area contributed by atoms with Crippen LogP contribution in [-0.2, 0) is 17.4 Å². The quantitative estimate of drug-likeness (QED) is 0.446. The van der Waals surface area contributed by atoms with Gasteiger partial charge in [-0.2, -0.15) is 18.2 Å². The zero-order valence-corrected chi connectivity index (χ0v) is 14.4. The van der Waals surface area contributed by atoms with Crippen LogP contribution in [0.5, 0.6) is 0 Å². The SMILES string of the molecule is O=C(CCc1nc(-c2ccco2)no1)NNc1ccc(C(F)(F)F)cc1[N+](=O)[O-]. The number of carbonyl (C=O) groups excluding carboxylic acids is 1. The van der Waals surface area contributed by atoms with Crippen LogP contribution in [0.1, 0.15) is 17.9 Å². The second kappa shape index (κ2) is 8.00. The molecule has 3 rings (SSSR count). The first-order valence-electron chi connectivity index (χ1n) is 8.01. The molecular formula is C16H12F3N5O5. The predicted molar refractivity (Wildman–Crippen MR) is 90.2 cm³/mol. The van der Waals surface area contributed by atoms with Crippen LogP contribution in [0.4, 0.5) is 24.5 Å². The highest BCUT2D eigenvalue weighted by atomic mass is 19.4. The Labute approximate surface area is 159 Å². The van der Waals surface area contributed by atoms with Gasteiger partial charge in [-0.15, -0.1) is 0 Å². The highest BCUT2D eigenvalue weighted by Gasteiger charge is 2.33. The Morgan fingerprint density at radius 1 is 1.28 bits per heavy atom. The number of carbonyl (C=O) groups is 1. The molecule has 1 aromatic carbocycles. The fourth-order valence-electron chi connectivity index (χ4n) is 2.25. The van der Waals surface area contributed by atoms with E-state index in [1.807, 2.05) is 0 Å². The second-order valence-corrected chi connectivity index (χ2v) is 5.65. The molecule has 0 aliphatic carbocycles. The van der Waals surface area contributed by atoms with Crippen molar-refractivity contribution >= 4 is 17.3 Å². The minimum atomic E-state index is -4.73.